The van der Waals surface area contributed by atoms with E-state index < -0.39 is 17.8 Å². The van der Waals surface area contributed by atoms with E-state index in [1.807, 2.05) is 56.3 Å². The van der Waals surface area contributed by atoms with Gasteiger partial charge in [0.2, 0.25) is 0 Å². The zero-order chi connectivity index (χ0) is 44.2. The van der Waals surface area contributed by atoms with Crippen LogP contribution < -0.4 is 20.0 Å². The maximum Gasteiger partial charge on any atom is 0.416 e. The number of pyridine rings is 2. The van der Waals surface area contributed by atoms with Crippen LogP contribution in [0.2, 0.25) is 0 Å². The van der Waals surface area contributed by atoms with Crippen LogP contribution in [0.5, 0.6) is 0 Å². The molecule has 2 aromatic heterocycles. The van der Waals surface area contributed by atoms with Crippen LogP contribution in [0.3, 0.4) is 0 Å². The van der Waals surface area contributed by atoms with E-state index in [-0.39, 0.29) is 0 Å². The summed E-state index contributed by atoms with van der Waals surface area (Å²) in [6, 6.07) is 41.0. The summed E-state index contributed by atoms with van der Waals surface area (Å²) in [4.78, 5) is 35.0. The zero-order valence-electron chi connectivity index (χ0n) is 36.4. The van der Waals surface area contributed by atoms with Gasteiger partial charge in [-0.1, -0.05) is 36.4 Å². The molecule has 64 heavy (non-hydrogen) atoms. The smallest absolute Gasteiger partial charge is 0.368 e. The minimum absolute atomic E-state index is 0.336. The van der Waals surface area contributed by atoms with Gasteiger partial charge in [0.1, 0.15) is 0 Å². The van der Waals surface area contributed by atoms with Crippen LogP contribution >= 0.6 is 0 Å². The number of amides is 2. The molecule has 0 atom stereocenters. The molecule has 4 heterocycles. The number of aromatic nitrogens is 2. The highest BCUT2D eigenvalue weighted by atomic mass is 19.4. The lowest BCUT2D eigenvalue weighted by Gasteiger charge is -2.36. The first-order valence-corrected chi connectivity index (χ1v) is 22.2. The fraction of sp³-hybridized carbons (Fsp3) is 0.288. The summed E-state index contributed by atoms with van der Waals surface area (Å²) in [6.07, 6.45) is -2.93. The number of halogens is 3. The lowest BCUT2D eigenvalue weighted by Crippen LogP contribution is -2.47. The van der Waals surface area contributed by atoms with Crippen LogP contribution in [0.1, 0.15) is 28.1 Å². The Labute approximate surface area is 372 Å². The van der Waals surface area contributed by atoms with E-state index in [2.05, 4.69) is 91.6 Å². The molecule has 9 nitrogen and oxygen atoms in total. The van der Waals surface area contributed by atoms with Gasteiger partial charge in [0.15, 0.2) is 0 Å². The highest BCUT2D eigenvalue weighted by molar-refractivity contribution is 6.07. The molecule has 1 N–H and O–H groups in total. The van der Waals surface area contributed by atoms with Gasteiger partial charge in [-0.3, -0.25) is 24.7 Å². The van der Waals surface area contributed by atoms with E-state index in [1.165, 1.54) is 39.2 Å². The molecule has 2 amide bonds. The van der Waals surface area contributed by atoms with E-state index in [1.54, 1.807) is 0 Å². The van der Waals surface area contributed by atoms with Crippen LogP contribution in [-0.4, -0.2) is 91.2 Å². The fourth-order valence-electron chi connectivity index (χ4n) is 9.05. The molecule has 2 fully saturated rings. The number of nitrogens with zero attached hydrogens (tertiary/aromatic N) is 7. The summed E-state index contributed by atoms with van der Waals surface area (Å²) in [5, 5.41) is 5.41. The van der Waals surface area contributed by atoms with E-state index >= 15 is 0 Å². The summed E-state index contributed by atoms with van der Waals surface area (Å²) in [7, 11) is 0. The average molecular weight is 863 g/mol. The number of piperazine rings is 2. The Hall–Kier alpha value is -6.50. The van der Waals surface area contributed by atoms with Gasteiger partial charge in [0, 0.05) is 105 Å². The first-order chi connectivity index (χ1) is 31.0. The van der Waals surface area contributed by atoms with Gasteiger partial charge in [-0.05, 0) is 135 Å². The number of alkyl halides is 3. The van der Waals surface area contributed by atoms with Crippen molar-refractivity contribution < 1.29 is 18.0 Å². The molecule has 9 rings (SSSR count). The molecule has 328 valence electrons. The topological polar surface area (TPSA) is 71.1 Å². The van der Waals surface area contributed by atoms with Gasteiger partial charge in [0.05, 0.1) is 28.0 Å². The van der Waals surface area contributed by atoms with Crippen molar-refractivity contribution in [1.29, 1.82) is 0 Å². The molecule has 0 bridgehead atoms. The van der Waals surface area contributed by atoms with E-state index in [9.17, 15) is 18.0 Å². The molecular formula is C52H53F3N8O. The lowest BCUT2D eigenvalue weighted by atomic mass is 10.1. The number of fused-ring (bicyclic) bond motifs is 2. The van der Waals surface area contributed by atoms with Crippen LogP contribution in [0.4, 0.5) is 46.4 Å². The van der Waals surface area contributed by atoms with Crippen molar-refractivity contribution in [3.8, 4) is 0 Å². The number of carbonyl (C=O) groups is 1. The maximum absolute atomic E-state index is 14.3. The molecular weight excluding hydrogens is 810 g/mol. The Morgan fingerprint density at radius 1 is 0.578 bits per heavy atom. The Morgan fingerprint density at radius 3 is 1.61 bits per heavy atom. The van der Waals surface area contributed by atoms with Crippen LogP contribution in [0.15, 0.2) is 133 Å². The highest BCUT2D eigenvalue weighted by Gasteiger charge is 2.31. The molecule has 12 heteroatoms. The molecule has 0 spiro atoms. The lowest BCUT2D eigenvalue weighted by molar-refractivity contribution is -0.137. The van der Waals surface area contributed by atoms with Crippen molar-refractivity contribution in [3.05, 3.63) is 162 Å². The molecule has 2 aliphatic heterocycles. The van der Waals surface area contributed by atoms with Crippen molar-refractivity contribution in [2.45, 2.75) is 32.9 Å². The van der Waals surface area contributed by atoms with Crippen molar-refractivity contribution in [3.63, 3.8) is 0 Å². The minimum atomic E-state index is -4.50. The van der Waals surface area contributed by atoms with Crippen molar-refractivity contribution in [2.75, 3.05) is 85.5 Å². The second-order valence-corrected chi connectivity index (χ2v) is 16.9. The second kappa shape index (κ2) is 18.7. The largest absolute Gasteiger partial charge is 0.416 e. The number of rotatable bonds is 11. The molecule has 5 aromatic carbocycles. The summed E-state index contributed by atoms with van der Waals surface area (Å²) in [6.45, 7) is 13.1. The number of hydrogen-bond acceptors (Lipinski definition) is 7. The summed E-state index contributed by atoms with van der Waals surface area (Å²) in [5.74, 6) is 0. The SMILES string of the molecule is Cc1ccc2c(N3CCN(CCc4cccc(NC(=O)N(c5ccc(C(F)(F)F)cc5)c5cccc(CCN6CCN(c7cccc8nc(C)ccc78)CC6)c5)c4)CC3)cccc2n1. The zero-order valence-corrected chi connectivity index (χ0v) is 36.4. The molecule has 0 radical (unpaired) electrons. The maximum atomic E-state index is 14.3. The van der Waals surface area contributed by atoms with Gasteiger partial charge in [0.25, 0.3) is 0 Å². The molecule has 2 aliphatic rings. The van der Waals surface area contributed by atoms with Gasteiger partial charge in [-0.2, -0.15) is 13.2 Å². The third-order valence-corrected chi connectivity index (χ3v) is 12.6. The predicted octanol–water partition coefficient (Wildman–Crippen LogP) is 10.5. The molecule has 0 saturated carbocycles. The van der Waals surface area contributed by atoms with E-state index in [4.69, 9.17) is 9.97 Å². The van der Waals surface area contributed by atoms with Crippen molar-refractivity contribution in [1.82, 2.24) is 19.8 Å². The molecule has 7 aromatic rings. The van der Waals surface area contributed by atoms with Crippen molar-refractivity contribution >= 4 is 56.3 Å². The predicted molar refractivity (Wildman–Crippen MR) is 253 cm³/mol. The van der Waals surface area contributed by atoms with Crippen molar-refractivity contribution in [2.24, 2.45) is 0 Å². The van der Waals surface area contributed by atoms with Crippen LogP contribution in [-0.2, 0) is 19.0 Å². The normalized spacial score (nSPS) is 15.2. The number of anilines is 5. The second-order valence-electron chi connectivity index (χ2n) is 16.9. The monoisotopic (exact) mass is 862 g/mol. The summed E-state index contributed by atoms with van der Waals surface area (Å²) < 4.78 is 40.9. The molecule has 0 unspecified atom stereocenters. The number of hydrogen-bond donors (Lipinski definition) is 1. The van der Waals surface area contributed by atoms with Gasteiger partial charge >= 0.3 is 12.2 Å². The third kappa shape index (κ3) is 9.83. The first kappa shape index (κ1) is 42.8. The number of nitrogens with one attached hydrogen (secondary N) is 1. The quantitative estimate of drug-likeness (QED) is 0.139. The third-order valence-electron chi connectivity index (χ3n) is 12.6. The summed E-state index contributed by atoms with van der Waals surface area (Å²) in [5.41, 5.74) is 9.36. The Morgan fingerprint density at radius 2 is 1.08 bits per heavy atom. The highest BCUT2D eigenvalue weighted by Crippen LogP contribution is 2.34. The molecule has 0 aliphatic carbocycles. The fourth-order valence-corrected chi connectivity index (χ4v) is 9.05. The number of aryl methyl sites for hydroxylation is 2. The Bertz CT molecular complexity index is 2740. The van der Waals surface area contributed by atoms with Gasteiger partial charge in [-0.25, -0.2) is 4.79 Å². The summed E-state index contributed by atoms with van der Waals surface area (Å²) >= 11 is 0. The van der Waals surface area contributed by atoms with Crippen LogP contribution in [0, 0.1) is 13.8 Å². The Balaban J connectivity index is 0.839. The standard InChI is InChI=1S/C52H53F3N8O/c1-37-15-21-45-47(56-37)11-5-13-49(45)61-31-27-59(28-32-61)25-23-39-7-3-9-42(35-39)58-51(64)63(43-19-17-41(18-20-43)52(53,54)55)44-10-4-8-40(36-44)24-26-60-29-33-62(34-30-60)50-14-6-12-48-46(50)22-16-38(2)57-48/h3-22,35-36H,23-34H2,1-2H3,(H,58,64). The van der Waals surface area contributed by atoms with E-state index in [0.717, 1.165) is 124 Å². The number of benzene rings is 5. The average Bonchev–Trinajstić information content (AvgIpc) is 3.30. The van der Waals surface area contributed by atoms with Gasteiger partial charge in [-0.15, -0.1) is 0 Å². The Kier molecular flexibility index (Phi) is 12.5. The van der Waals surface area contributed by atoms with Gasteiger partial charge < -0.3 is 15.1 Å². The number of carbonyl (C=O) groups excluding carboxylic acids is 1. The number of urea groups is 1. The minimum Gasteiger partial charge on any atom is -0.368 e. The first-order valence-electron chi connectivity index (χ1n) is 22.2. The van der Waals surface area contributed by atoms with E-state index in [0.29, 0.717) is 17.1 Å². The van der Waals surface area contributed by atoms with Crippen LogP contribution in [0.25, 0.3) is 21.8 Å². The molecule has 2 saturated heterocycles.